The number of carbonyl (C=O) groups excluding carboxylic acids is 2. The van der Waals surface area contributed by atoms with Gasteiger partial charge in [-0.15, -0.1) is 0 Å². The van der Waals surface area contributed by atoms with E-state index in [2.05, 4.69) is 38.3 Å². The average molecular weight is 331 g/mol. The van der Waals surface area contributed by atoms with Crippen LogP contribution >= 0.6 is 0 Å². The summed E-state index contributed by atoms with van der Waals surface area (Å²) in [5.74, 6) is -0.316. The molecular weight excluding hydrogens is 292 g/mol. The molecule has 138 valence electrons. The van der Waals surface area contributed by atoms with Crippen LogP contribution in [0.4, 0.5) is 0 Å². The van der Waals surface area contributed by atoms with E-state index in [1.807, 2.05) is 34.6 Å². The van der Waals surface area contributed by atoms with Crippen molar-refractivity contribution in [2.45, 2.75) is 68.7 Å². The molecule has 0 fully saturated rings. The predicted octanol–water partition coefficient (Wildman–Crippen LogP) is 2.73. The lowest BCUT2D eigenvalue weighted by Crippen LogP contribution is -2.43. The second kappa shape index (κ2) is 9.91. The van der Waals surface area contributed by atoms with Gasteiger partial charge in [-0.2, -0.15) is 0 Å². The first-order valence-corrected chi connectivity index (χ1v) is 8.45. The first kappa shape index (κ1) is 24.2. The van der Waals surface area contributed by atoms with Crippen molar-refractivity contribution in [1.82, 2.24) is 10.6 Å². The van der Waals surface area contributed by atoms with Gasteiger partial charge in [0.15, 0.2) is 0 Å². The summed E-state index contributed by atoms with van der Waals surface area (Å²) in [5.41, 5.74) is -0.574. The summed E-state index contributed by atoms with van der Waals surface area (Å²) >= 11 is 0. The van der Waals surface area contributed by atoms with Crippen molar-refractivity contribution in [2.24, 2.45) is 16.2 Å². The zero-order valence-electron chi connectivity index (χ0n) is 16.6. The maximum atomic E-state index is 11.9. The molecule has 0 saturated carbocycles. The van der Waals surface area contributed by atoms with Crippen molar-refractivity contribution in [3.8, 4) is 0 Å². The van der Waals surface area contributed by atoms with Gasteiger partial charge in [-0.05, 0) is 17.3 Å². The zero-order valence-corrected chi connectivity index (χ0v) is 16.6. The summed E-state index contributed by atoms with van der Waals surface area (Å²) in [7, 11) is 0. The summed E-state index contributed by atoms with van der Waals surface area (Å²) in [6, 6.07) is 0. The van der Waals surface area contributed by atoms with Crippen LogP contribution in [0.2, 0.25) is 0 Å². The molecule has 0 radical (unpaired) electrons. The Balaban J connectivity index is 0. The number of amides is 2. The van der Waals surface area contributed by atoms with Gasteiger partial charge in [0, 0.05) is 18.5 Å². The Bertz CT molecular complexity index is 369. The highest BCUT2D eigenvalue weighted by molar-refractivity contribution is 5.81. The Labute approximate surface area is 142 Å². The molecule has 0 unspecified atom stereocenters. The Morgan fingerprint density at radius 2 is 1.22 bits per heavy atom. The van der Waals surface area contributed by atoms with Gasteiger partial charge in [-0.3, -0.25) is 9.59 Å². The van der Waals surface area contributed by atoms with Gasteiger partial charge < -0.3 is 15.7 Å². The minimum Gasteiger partial charge on any atom is -0.387 e. The third-order valence-corrected chi connectivity index (χ3v) is 3.27. The van der Waals surface area contributed by atoms with Gasteiger partial charge in [0.05, 0.1) is 0 Å². The average Bonchev–Trinajstić information content (AvgIpc) is 2.42. The molecule has 0 bridgehead atoms. The van der Waals surface area contributed by atoms with Gasteiger partial charge in [-0.1, -0.05) is 62.3 Å². The van der Waals surface area contributed by atoms with Crippen LogP contribution in [0.1, 0.15) is 68.7 Å². The highest BCUT2D eigenvalue weighted by Gasteiger charge is 2.31. The number of aliphatic hydroxyl groups excluding tert-OH is 1. The molecule has 0 rings (SSSR count). The molecule has 0 aliphatic carbocycles. The van der Waals surface area contributed by atoms with Crippen LogP contribution in [-0.2, 0) is 9.59 Å². The molecule has 0 aliphatic heterocycles. The summed E-state index contributed by atoms with van der Waals surface area (Å²) in [4.78, 5) is 23.1. The lowest BCUT2D eigenvalue weighted by atomic mass is 9.75. The van der Waals surface area contributed by atoms with Gasteiger partial charge >= 0.3 is 0 Å². The van der Waals surface area contributed by atoms with Gasteiger partial charge in [0.25, 0.3) is 0 Å². The monoisotopic (exact) mass is 330 g/mol. The molecule has 23 heavy (non-hydrogen) atoms. The molecule has 0 saturated heterocycles. The number of nitrogens with one attached hydrogen (secondary N) is 2. The van der Waals surface area contributed by atoms with E-state index in [0.29, 0.717) is 13.1 Å². The third kappa shape index (κ3) is 12.0. The van der Waals surface area contributed by atoms with E-state index in [1.54, 1.807) is 0 Å². The normalized spacial score (nSPS) is 12.1. The zero-order chi connectivity index (χ0) is 18.9. The highest BCUT2D eigenvalue weighted by atomic mass is 16.3. The van der Waals surface area contributed by atoms with Crippen LogP contribution < -0.4 is 10.6 Å². The third-order valence-electron chi connectivity index (χ3n) is 3.27. The molecule has 5 nitrogen and oxygen atoms in total. The first-order chi connectivity index (χ1) is 10.3. The van der Waals surface area contributed by atoms with Crippen molar-refractivity contribution >= 4 is 11.8 Å². The fourth-order valence-corrected chi connectivity index (χ4v) is 2.40. The second-order valence-electron chi connectivity index (χ2n) is 8.37. The maximum absolute atomic E-state index is 11.9. The van der Waals surface area contributed by atoms with E-state index in [-0.39, 0.29) is 28.1 Å². The standard InChI is InChI=1S/C16H32N2O3.C2H6/c1-14(2,3)13(21)18-11-16(6,7)9-15(4,5)10-17-12(20)8-19;1-2/h19H,8-11H2,1-7H3,(H,17,20)(H,18,21);1-2H3. The summed E-state index contributed by atoms with van der Waals surface area (Å²) in [6.07, 6.45) is 0.843. The molecule has 3 N–H and O–H groups in total. The van der Waals surface area contributed by atoms with E-state index in [4.69, 9.17) is 5.11 Å². The Morgan fingerprint density at radius 1 is 0.826 bits per heavy atom. The smallest absolute Gasteiger partial charge is 0.245 e. The number of hydrogen-bond acceptors (Lipinski definition) is 3. The van der Waals surface area contributed by atoms with E-state index in [9.17, 15) is 9.59 Å². The highest BCUT2D eigenvalue weighted by Crippen LogP contribution is 2.32. The fourth-order valence-electron chi connectivity index (χ4n) is 2.40. The van der Waals surface area contributed by atoms with Gasteiger partial charge in [-0.25, -0.2) is 0 Å². The number of carbonyl (C=O) groups is 2. The van der Waals surface area contributed by atoms with Crippen molar-refractivity contribution in [1.29, 1.82) is 0 Å². The fraction of sp³-hybridized carbons (Fsp3) is 0.889. The Morgan fingerprint density at radius 3 is 1.57 bits per heavy atom. The number of rotatable bonds is 7. The maximum Gasteiger partial charge on any atom is 0.245 e. The van der Waals surface area contributed by atoms with Crippen LogP contribution in [0.5, 0.6) is 0 Å². The summed E-state index contributed by atoms with van der Waals surface area (Å²) < 4.78 is 0. The minimum absolute atomic E-state index is 0.0435. The molecule has 0 aromatic carbocycles. The minimum atomic E-state index is -0.485. The predicted molar refractivity (Wildman–Crippen MR) is 96.1 cm³/mol. The first-order valence-electron chi connectivity index (χ1n) is 8.45. The topological polar surface area (TPSA) is 78.4 Å². The number of hydrogen-bond donors (Lipinski definition) is 3. The Hall–Kier alpha value is -1.10. The molecule has 2 amide bonds. The lowest BCUT2D eigenvalue weighted by molar-refractivity contribution is -0.129. The molecule has 0 spiro atoms. The Kier molecular flexibility index (Phi) is 10.4. The molecule has 0 aliphatic rings. The summed E-state index contributed by atoms with van der Waals surface area (Å²) in [5, 5.41) is 14.4. The van der Waals surface area contributed by atoms with Crippen LogP contribution in [0, 0.1) is 16.2 Å². The lowest BCUT2D eigenvalue weighted by Gasteiger charge is -2.35. The molecule has 0 atom stereocenters. The SMILES string of the molecule is CC.CC(C)(CNC(=O)CO)CC(C)(C)CNC(=O)C(C)(C)C. The van der Waals surface area contributed by atoms with Crippen molar-refractivity contribution < 1.29 is 14.7 Å². The van der Waals surface area contributed by atoms with Crippen molar-refractivity contribution in [3.63, 3.8) is 0 Å². The summed E-state index contributed by atoms with van der Waals surface area (Å²) in [6.45, 7) is 18.6. The van der Waals surface area contributed by atoms with E-state index >= 15 is 0 Å². The van der Waals surface area contributed by atoms with Gasteiger partial charge in [0.2, 0.25) is 11.8 Å². The second-order valence-corrected chi connectivity index (χ2v) is 8.37. The van der Waals surface area contributed by atoms with E-state index < -0.39 is 6.61 Å². The largest absolute Gasteiger partial charge is 0.387 e. The molecule has 5 heteroatoms. The van der Waals surface area contributed by atoms with Crippen LogP contribution in [0.15, 0.2) is 0 Å². The van der Waals surface area contributed by atoms with E-state index in [1.165, 1.54) is 0 Å². The van der Waals surface area contributed by atoms with E-state index in [0.717, 1.165) is 6.42 Å². The molecular formula is C18H38N2O3. The van der Waals surface area contributed by atoms with Crippen LogP contribution in [0.3, 0.4) is 0 Å². The number of aliphatic hydroxyl groups is 1. The molecule has 0 aromatic rings. The van der Waals surface area contributed by atoms with Crippen LogP contribution in [0.25, 0.3) is 0 Å². The van der Waals surface area contributed by atoms with Crippen molar-refractivity contribution in [2.75, 3.05) is 19.7 Å². The molecule has 0 aromatic heterocycles. The van der Waals surface area contributed by atoms with Gasteiger partial charge in [0.1, 0.15) is 6.61 Å². The molecule has 0 heterocycles. The van der Waals surface area contributed by atoms with Crippen molar-refractivity contribution in [3.05, 3.63) is 0 Å². The van der Waals surface area contributed by atoms with Crippen LogP contribution in [-0.4, -0.2) is 36.6 Å². The quantitative estimate of drug-likeness (QED) is 0.671.